The number of nitriles is 1. The van der Waals surface area contributed by atoms with E-state index in [1.807, 2.05) is 36.4 Å². The van der Waals surface area contributed by atoms with E-state index in [0.29, 0.717) is 5.56 Å². The second kappa shape index (κ2) is 15.8. The quantitative estimate of drug-likeness (QED) is 0.153. The lowest BCUT2D eigenvalue weighted by Crippen LogP contribution is -2.09. The van der Waals surface area contributed by atoms with Crippen LogP contribution in [0.1, 0.15) is 5.56 Å². The van der Waals surface area contributed by atoms with Gasteiger partial charge < -0.3 is 13.9 Å². The molecule has 0 unspecified atom stereocenters. The van der Waals surface area contributed by atoms with Crippen LogP contribution in [0.25, 0.3) is 93.9 Å². The highest BCUT2D eigenvalue weighted by Crippen LogP contribution is 2.42. The molecule has 0 saturated heterocycles. The normalized spacial score (nSPS) is 11.4. The molecule has 12 aromatic rings. The molecule has 0 amide bonds. The van der Waals surface area contributed by atoms with Crippen molar-refractivity contribution >= 4 is 60.8 Å². The standard InChI is InChI=1S/C61H39N3O/c62-40-41-28-31-51(32-29-41)64-58-26-9-7-22-54(58)55-33-30-45(39-59(55)64)47-35-46(36-48(37-47)53-24-13-25-57-56-23-8-10-27-60(56)65-61(53)57)43-15-11-14-42(34-43)44-16-12-21-52(38-44)63(49-17-3-1-4-18-49)50-19-5-2-6-20-50/h1-39H. The Morgan fingerprint density at radius 3 is 1.65 bits per heavy atom. The van der Waals surface area contributed by atoms with Crippen molar-refractivity contribution in [2.45, 2.75) is 0 Å². The average molecular weight is 830 g/mol. The first kappa shape index (κ1) is 37.8. The Hall–Kier alpha value is -8.91. The molecule has 0 radical (unpaired) electrons. The van der Waals surface area contributed by atoms with Crippen LogP contribution in [0.3, 0.4) is 0 Å². The predicted molar refractivity (Wildman–Crippen MR) is 269 cm³/mol. The maximum Gasteiger partial charge on any atom is 0.143 e. The zero-order valence-corrected chi connectivity index (χ0v) is 35.3. The van der Waals surface area contributed by atoms with Crippen molar-refractivity contribution < 1.29 is 4.42 Å². The van der Waals surface area contributed by atoms with Crippen LogP contribution in [0.4, 0.5) is 17.1 Å². The maximum absolute atomic E-state index is 9.59. The predicted octanol–water partition coefficient (Wildman–Crippen LogP) is 16.7. The van der Waals surface area contributed by atoms with E-state index in [0.717, 1.165) is 100 Å². The van der Waals surface area contributed by atoms with Gasteiger partial charge in [-0.25, -0.2) is 0 Å². The van der Waals surface area contributed by atoms with E-state index in [4.69, 9.17) is 4.42 Å². The van der Waals surface area contributed by atoms with Gasteiger partial charge in [-0.1, -0.05) is 133 Å². The van der Waals surface area contributed by atoms with Crippen molar-refractivity contribution in [3.8, 4) is 56.3 Å². The van der Waals surface area contributed by atoms with Crippen LogP contribution in [0, 0.1) is 11.3 Å². The molecule has 4 heteroatoms. The highest BCUT2D eigenvalue weighted by Gasteiger charge is 2.18. The number of furan rings is 1. The van der Waals surface area contributed by atoms with E-state index < -0.39 is 0 Å². The third-order valence-electron chi connectivity index (χ3n) is 12.6. The number of hydrogen-bond donors (Lipinski definition) is 0. The number of fused-ring (bicyclic) bond motifs is 6. The first-order chi connectivity index (χ1) is 32.2. The largest absolute Gasteiger partial charge is 0.455 e. The van der Waals surface area contributed by atoms with E-state index >= 15 is 0 Å². The summed E-state index contributed by atoms with van der Waals surface area (Å²) in [5.41, 5.74) is 17.7. The first-order valence-electron chi connectivity index (χ1n) is 21.9. The van der Waals surface area contributed by atoms with Crippen LogP contribution in [-0.2, 0) is 0 Å². The van der Waals surface area contributed by atoms with Gasteiger partial charge in [0, 0.05) is 49.9 Å². The Morgan fingerprint density at radius 2 is 0.908 bits per heavy atom. The average Bonchev–Trinajstić information content (AvgIpc) is 3.93. The molecule has 2 aromatic heterocycles. The molecule has 0 saturated carbocycles. The molecule has 10 aromatic carbocycles. The molecule has 2 heterocycles. The van der Waals surface area contributed by atoms with Crippen molar-refractivity contribution in [2.24, 2.45) is 0 Å². The number of aromatic nitrogens is 1. The summed E-state index contributed by atoms with van der Waals surface area (Å²) in [5.74, 6) is 0. The first-order valence-corrected chi connectivity index (χ1v) is 21.9. The Balaban J connectivity index is 1.03. The molecule has 304 valence electrons. The number of para-hydroxylation sites is 5. The monoisotopic (exact) mass is 829 g/mol. The van der Waals surface area contributed by atoms with Gasteiger partial charge in [-0.3, -0.25) is 0 Å². The van der Waals surface area contributed by atoms with E-state index in [-0.39, 0.29) is 0 Å². The topological polar surface area (TPSA) is 45.1 Å². The molecular weight excluding hydrogens is 791 g/mol. The second-order valence-corrected chi connectivity index (χ2v) is 16.5. The van der Waals surface area contributed by atoms with Gasteiger partial charge in [0.05, 0.1) is 22.7 Å². The van der Waals surface area contributed by atoms with Crippen LogP contribution in [0.2, 0.25) is 0 Å². The summed E-state index contributed by atoms with van der Waals surface area (Å²) in [6.45, 7) is 0. The number of nitrogens with zero attached hydrogens (tertiary/aromatic N) is 3. The fraction of sp³-hybridized carbons (Fsp3) is 0. The molecule has 0 aliphatic heterocycles. The molecule has 0 aliphatic carbocycles. The van der Waals surface area contributed by atoms with E-state index in [9.17, 15) is 5.26 Å². The molecule has 65 heavy (non-hydrogen) atoms. The molecule has 0 bridgehead atoms. The molecule has 0 atom stereocenters. The van der Waals surface area contributed by atoms with Crippen LogP contribution >= 0.6 is 0 Å². The molecule has 0 fully saturated rings. The molecule has 0 N–H and O–H groups in total. The van der Waals surface area contributed by atoms with Crippen LogP contribution in [-0.4, -0.2) is 4.57 Å². The third-order valence-corrected chi connectivity index (χ3v) is 12.6. The van der Waals surface area contributed by atoms with Crippen molar-refractivity contribution in [2.75, 3.05) is 4.90 Å². The van der Waals surface area contributed by atoms with E-state index in [1.54, 1.807) is 0 Å². The fourth-order valence-electron chi connectivity index (χ4n) is 9.51. The van der Waals surface area contributed by atoms with Gasteiger partial charge >= 0.3 is 0 Å². The van der Waals surface area contributed by atoms with Gasteiger partial charge in [-0.15, -0.1) is 0 Å². The van der Waals surface area contributed by atoms with Crippen LogP contribution < -0.4 is 4.90 Å². The minimum Gasteiger partial charge on any atom is -0.455 e. The summed E-state index contributed by atoms with van der Waals surface area (Å²) >= 11 is 0. The number of hydrogen-bond acceptors (Lipinski definition) is 3. The minimum absolute atomic E-state index is 0.636. The summed E-state index contributed by atoms with van der Waals surface area (Å²) in [6.07, 6.45) is 0. The number of rotatable bonds is 8. The molecular formula is C61H39N3O. The van der Waals surface area contributed by atoms with Gasteiger partial charge in [-0.05, 0) is 142 Å². The molecule has 12 rings (SSSR count). The van der Waals surface area contributed by atoms with E-state index in [1.165, 1.54) is 10.8 Å². The fourth-order valence-corrected chi connectivity index (χ4v) is 9.51. The van der Waals surface area contributed by atoms with E-state index in [2.05, 4.69) is 216 Å². The smallest absolute Gasteiger partial charge is 0.143 e. The van der Waals surface area contributed by atoms with Crippen LogP contribution in [0.15, 0.2) is 241 Å². The minimum atomic E-state index is 0.636. The summed E-state index contributed by atoms with van der Waals surface area (Å²) in [7, 11) is 0. The Labute approximate surface area is 376 Å². The van der Waals surface area contributed by atoms with Crippen LogP contribution in [0.5, 0.6) is 0 Å². The number of benzene rings is 10. The summed E-state index contributed by atoms with van der Waals surface area (Å²) in [6, 6.07) is 85.9. The number of anilines is 3. The Bertz CT molecular complexity index is 3740. The van der Waals surface area contributed by atoms with Crippen molar-refractivity contribution in [3.63, 3.8) is 0 Å². The van der Waals surface area contributed by atoms with Crippen molar-refractivity contribution in [1.82, 2.24) is 4.57 Å². The Morgan fingerprint density at radius 1 is 0.369 bits per heavy atom. The third kappa shape index (κ3) is 6.71. The lowest BCUT2D eigenvalue weighted by Gasteiger charge is -2.26. The summed E-state index contributed by atoms with van der Waals surface area (Å²) < 4.78 is 8.95. The molecule has 0 aliphatic rings. The molecule has 0 spiro atoms. The van der Waals surface area contributed by atoms with Gasteiger partial charge in [0.2, 0.25) is 0 Å². The van der Waals surface area contributed by atoms with Gasteiger partial charge in [0.15, 0.2) is 0 Å². The van der Waals surface area contributed by atoms with Gasteiger partial charge in [0.1, 0.15) is 11.2 Å². The summed E-state index contributed by atoms with van der Waals surface area (Å²) in [4.78, 5) is 2.30. The zero-order valence-electron chi connectivity index (χ0n) is 35.3. The van der Waals surface area contributed by atoms with Gasteiger partial charge in [-0.2, -0.15) is 5.26 Å². The maximum atomic E-state index is 9.59. The van der Waals surface area contributed by atoms with Gasteiger partial charge in [0.25, 0.3) is 0 Å². The van der Waals surface area contributed by atoms with Crippen molar-refractivity contribution in [1.29, 1.82) is 5.26 Å². The molecule has 4 nitrogen and oxygen atoms in total. The summed E-state index contributed by atoms with van der Waals surface area (Å²) in [5, 5.41) is 14.1. The lowest BCUT2D eigenvalue weighted by molar-refractivity contribution is 0.670. The second-order valence-electron chi connectivity index (χ2n) is 16.5. The Kier molecular flexibility index (Phi) is 9.18. The highest BCUT2D eigenvalue weighted by atomic mass is 16.3. The SMILES string of the molecule is N#Cc1ccc(-n2c3ccccc3c3ccc(-c4cc(-c5cccc(-c6cccc(N(c7ccccc7)c7ccccc7)c6)c5)cc(-c5cccc6c5oc5ccccc56)c4)cc32)cc1. The lowest BCUT2D eigenvalue weighted by atomic mass is 9.91. The zero-order chi connectivity index (χ0) is 43.3. The highest BCUT2D eigenvalue weighted by molar-refractivity contribution is 6.11. The van der Waals surface area contributed by atoms with Crippen molar-refractivity contribution in [3.05, 3.63) is 242 Å².